The van der Waals surface area contributed by atoms with Gasteiger partial charge >= 0.3 is 0 Å². The Morgan fingerprint density at radius 1 is 1.47 bits per heavy atom. The number of nitrogens with two attached hydrogens (primary N) is 1. The van der Waals surface area contributed by atoms with Crippen molar-refractivity contribution in [3.05, 3.63) is 29.8 Å². The number of carbonyl (C=O) groups is 1. The first-order chi connectivity index (χ1) is 8.93. The van der Waals surface area contributed by atoms with Gasteiger partial charge in [-0.3, -0.25) is 4.79 Å². The number of rotatable bonds is 6. The maximum atomic E-state index is 11.4. The maximum absolute atomic E-state index is 11.4. The highest BCUT2D eigenvalue weighted by molar-refractivity contribution is 5.78. The second-order valence-electron chi connectivity index (χ2n) is 4.92. The van der Waals surface area contributed by atoms with Gasteiger partial charge < -0.3 is 21.1 Å². The molecule has 0 heterocycles. The number of hydrogen-bond acceptors (Lipinski definition) is 4. The van der Waals surface area contributed by atoms with Gasteiger partial charge in [0.05, 0.1) is 6.10 Å². The van der Waals surface area contributed by atoms with Crippen molar-refractivity contribution in [2.45, 2.75) is 13.0 Å². The number of benzene rings is 1. The lowest BCUT2D eigenvalue weighted by atomic mass is 10.1. The second kappa shape index (κ2) is 7.11. The molecule has 19 heavy (non-hydrogen) atoms. The van der Waals surface area contributed by atoms with E-state index in [4.69, 9.17) is 5.73 Å². The average Bonchev–Trinajstić information content (AvgIpc) is 2.37. The number of aliphatic hydroxyl groups excluding tert-OH is 1. The van der Waals surface area contributed by atoms with E-state index in [1.165, 1.54) is 0 Å². The Bertz CT molecular complexity index is 423. The van der Waals surface area contributed by atoms with E-state index in [-0.39, 0.29) is 11.8 Å². The van der Waals surface area contributed by atoms with E-state index in [0.29, 0.717) is 18.8 Å². The van der Waals surface area contributed by atoms with Gasteiger partial charge in [0.15, 0.2) is 0 Å². The predicted molar refractivity (Wildman–Crippen MR) is 76.5 cm³/mol. The van der Waals surface area contributed by atoms with Crippen LogP contribution in [0.1, 0.15) is 18.6 Å². The molecular formula is C14H23N3O2. The normalized spacial score (nSPS) is 14.2. The first-order valence-corrected chi connectivity index (χ1v) is 6.37. The summed E-state index contributed by atoms with van der Waals surface area (Å²) in [5, 5.41) is 12.7. The van der Waals surface area contributed by atoms with Crippen LogP contribution in [0, 0.1) is 5.92 Å². The highest BCUT2D eigenvalue weighted by Crippen LogP contribution is 2.16. The number of aliphatic hydroxyl groups is 1. The Hall–Kier alpha value is -1.59. The standard InChI is InChI=1S/C14H23N3O2/c1-10(14(19)16-2)8-17(3)9-13(18)11-5-4-6-12(15)7-11/h4-7,10,13,18H,8-9,15H2,1-3H3,(H,16,19). The van der Waals surface area contributed by atoms with Crippen molar-refractivity contribution in [1.29, 1.82) is 0 Å². The molecule has 1 aromatic carbocycles. The summed E-state index contributed by atoms with van der Waals surface area (Å²) in [5.41, 5.74) is 7.12. The van der Waals surface area contributed by atoms with Gasteiger partial charge in [-0.05, 0) is 24.7 Å². The van der Waals surface area contributed by atoms with Gasteiger partial charge in [0.2, 0.25) is 5.91 Å². The minimum Gasteiger partial charge on any atom is -0.399 e. The Morgan fingerprint density at radius 2 is 2.16 bits per heavy atom. The fourth-order valence-electron chi connectivity index (χ4n) is 2.04. The first-order valence-electron chi connectivity index (χ1n) is 6.37. The lowest BCUT2D eigenvalue weighted by Gasteiger charge is -2.23. The molecule has 0 aliphatic heterocycles. The lowest BCUT2D eigenvalue weighted by molar-refractivity contribution is -0.124. The molecule has 0 radical (unpaired) electrons. The molecule has 0 bridgehead atoms. The van der Waals surface area contributed by atoms with E-state index in [1.54, 1.807) is 19.2 Å². The topological polar surface area (TPSA) is 78.6 Å². The largest absolute Gasteiger partial charge is 0.399 e. The molecule has 5 heteroatoms. The molecule has 0 saturated carbocycles. The maximum Gasteiger partial charge on any atom is 0.223 e. The fourth-order valence-corrected chi connectivity index (χ4v) is 2.04. The number of hydrogen-bond donors (Lipinski definition) is 3. The molecule has 0 aliphatic carbocycles. The molecule has 0 aromatic heterocycles. The highest BCUT2D eigenvalue weighted by atomic mass is 16.3. The Morgan fingerprint density at radius 3 is 2.74 bits per heavy atom. The van der Waals surface area contributed by atoms with Crippen molar-refractivity contribution >= 4 is 11.6 Å². The number of carbonyl (C=O) groups excluding carboxylic acids is 1. The summed E-state index contributed by atoms with van der Waals surface area (Å²) in [4.78, 5) is 13.4. The van der Waals surface area contributed by atoms with Gasteiger partial charge in [-0.1, -0.05) is 19.1 Å². The number of likely N-dealkylation sites (N-methyl/N-ethyl adjacent to an activating group) is 1. The SMILES string of the molecule is CNC(=O)C(C)CN(C)CC(O)c1cccc(N)c1. The lowest BCUT2D eigenvalue weighted by Crippen LogP contribution is -2.36. The van der Waals surface area contributed by atoms with Gasteiger partial charge in [-0.15, -0.1) is 0 Å². The molecule has 0 saturated heterocycles. The van der Waals surface area contributed by atoms with Gasteiger partial charge in [-0.2, -0.15) is 0 Å². The van der Waals surface area contributed by atoms with E-state index in [0.717, 1.165) is 5.56 Å². The van der Waals surface area contributed by atoms with Crippen LogP contribution in [-0.4, -0.2) is 43.1 Å². The minimum atomic E-state index is -0.606. The van der Waals surface area contributed by atoms with Gasteiger partial charge in [0.1, 0.15) is 0 Å². The Balaban J connectivity index is 2.52. The molecule has 1 rings (SSSR count). The van der Waals surface area contributed by atoms with Crippen molar-refractivity contribution < 1.29 is 9.90 Å². The van der Waals surface area contributed by atoms with E-state index in [1.807, 2.05) is 31.0 Å². The van der Waals surface area contributed by atoms with Crippen molar-refractivity contribution in [1.82, 2.24) is 10.2 Å². The fraction of sp³-hybridized carbons (Fsp3) is 0.500. The van der Waals surface area contributed by atoms with Crippen molar-refractivity contribution in [3.8, 4) is 0 Å². The number of anilines is 1. The van der Waals surface area contributed by atoms with Crippen LogP contribution in [0.15, 0.2) is 24.3 Å². The molecule has 1 amide bonds. The van der Waals surface area contributed by atoms with Crippen LogP contribution in [0.5, 0.6) is 0 Å². The summed E-state index contributed by atoms with van der Waals surface area (Å²) < 4.78 is 0. The van der Waals surface area contributed by atoms with E-state index >= 15 is 0 Å². The van der Waals surface area contributed by atoms with E-state index in [9.17, 15) is 9.90 Å². The third-order valence-electron chi connectivity index (χ3n) is 3.06. The third kappa shape index (κ3) is 4.89. The molecule has 1 aromatic rings. The van der Waals surface area contributed by atoms with Crippen LogP contribution in [0.3, 0.4) is 0 Å². The van der Waals surface area contributed by atoms with Crippen LogP contribution in [-0.2, 0) is 4.79 Å². The Kier molecular flexibility index (Phi) is 5.79. The van der Waals surface area contributed by atoms with Crippen LogP contribution in [0.25, 0.3) is 0 Å². The number of amides is 1. The van der Waals surface area contributed by atoms with Crippen LogP contribution < -0.4 is 11.1 Å². The molecule has 0 fully saturated rings. The molecule has 2 atom stereocenters. The summed E-state index contributed by atoms with van der Waals surface area (Å²) in [7, 11) is 3.51. The molecule has 0 spiro atoms. The van der Waals surface area contributed by atoms with Crippen molar-refractivity contribution in [2.75, 3.05) is 32.9 Å². The van der Waals surface area contributed by atoms with Crippen LogP contribution in [0.2, 0.25) is 0 Å². The quantitative estimate of drug-likeness (QED) is 0.659. The number of nitrogens with zero attached hydrogens (tertiary/aromatic N) is 1. The monoisotopic (exact) mass is 265 g/mol. The minimum absolute atomic E-state index is 0.00490. The van der Waals surface area contributed by atoms with E-state index in [2.05, 4.69) is 5.32 Å². The zero-order valence-electron chi connectivity index (χ0n) is 11.8. The van der Waals surface area contributed by atoms with Crippen LogP contribution >= 0.6 is 0 Å². The Labute approximate surface area is 114 Å². The third-order valence-corrected chi connectivity index (χ3v) is 3.06. The molecule has 5 nitrogen and oxygen atoms in total. The second-order valence-corrected chi connectivity index (χ2v) is 4.92. The van der Waals surface area contributed by atoms with Gasteiger partial charge in [-0.25, -0.2) is 0 Å². The molecule has 106 valence electrons. The summed E-state index contributed by atoms with van der Waals surface area (Å²) in [5.74, 6) is -0.103. The molecular weight excluding hydrogens is 242 g/mol. The van der Waals surface area contributed by atoms with E-state index < -0.39 is 6.10 Å². The number of nitrogen functional groups attached to an aromatic ring is 1. The zero-order valence-corrected chi connectivity index (χ0v) is 11.8. The molecule has 2 unspecified atom stereocenters. The first kappa shape index (κ1) is 15.5. The van der Waals surface area contributed by atoms with Crippen LogP contribution in [0.4, 0.5) is 5.69 Å². The predicted octanol–water partition coefficient (Wildman–Crippen LogP) is 0.616. The van der Waals surface area contributed by atoms with Crippen molar-refractivity contribution in [3.63, 3.8) is 0 Å². The average molecular weight is 265 g/mol. The van der Waals surface area contributed by atoms with Crippen molar-refractivity contribution in [2.24, 2.45) is 5.92 Å². The zero-order chi connectivity index (χ0) is 14.4. The van der Waals surface area contributed by atoms with Gasteiger partial charge in [0.25, 0.3) is 0 Å². The summed E-state index contributed by atoms with van der Waals surface area (Å²) >= 11 is 0. The number of nitrogens with one attached hydrogen (secondary N) is 1. The summed E-state index contributed by atoms with van der Waals surface area (Å²) in [6, 6.07) is 7.21. The molecule has 0 aliphatic rings. The highest BCUT2D eigenvalue weighted by Gasteiger charge is 2.16. The summed E-state index contributed by atoms with van der Waals surface area (Å²) in [6.45, 7) is 2.92. The smallest absolute Gasteiger partial charge is 0.223 e. The molecule has 4 N–H and O–H groups in total. The van der Waals surface area contributed by atoms with Gasteiger partial charge in [0, 0.05) is 31.7 Å². The summed E-state index contributed by atoms with van der Waals surface area (Å²) in [6.07, 6.45) is -0.606.